The Morgan fingerprint density at radius 1 is 1.35 bits per heavy atom. The minimum atomic E-state index is -0.171. The Morgan fingerprint density at radius 3 is 2.94 bits per heavy atom. The maximum absolute atomic E-state index is 12.0. The summed E-state index contributed by atoms with van der Waals surface area (Å²) in [5, 5.41) is 7.04. The second-order valence-electron chi connectivity index (χ2n) is 3.94. The van der Waals surface area contributed by atoms with Gasteiger partial charge in [-0.15, -0.1) is 0 Å². The van der Waals surface area contributed by atoms with E-state index in [0.717, 1.165) is 5.69 Å². The van der Waals surface area contributed by atoms with Gasteiger partial charge in [-0.2, -0.15) is 5.10 Å². The van der Waals surface area contributed by atoms with Crippen LogP contribution in [0.1, 0.15) is 16.1 Å². The molecule has 0 fully saturated rings. The Labute approximate surface area is 98.0 Å². The maximum atomic E-state index is 12.0. The summed E-state index contributed by atoms with van der Waals surface area (Å²) in [5.74, 6) is 0.933. The standard InChI is InChI=1S/C12H11N3O2/c1-7-10-12(15(2)14-7)17-9-6-4-3-5-8(9)11(16)13-10/h3-6H,1-2H3,(H,13,16). The van der Waals surface area contributed by atoms with Gasteiger partial charge in [0.25, 0.3) is 5.91 Å². The minimum absolute atomic E-state index is 0.171. The van der Waals surface area contributed by atoms with Crippen LogP contribution in [0.3, 0.4) is 0 Å². The molecule has 86 valence electrons. The van der Waals surface area contributed by atoms with Crippen LogP contribution in [0.5, 0.6) is 11.6 Å². The Kier molecular flexibility index (Phi) is 1.95. The summed E-state index contributed by atoms with van der Waals surface area (Å²) in [6.07, 6.45) is 0. The van der Waals surface area contributed by atoms with Crippen molar-refractivity contribution in [1.82, 2.24) is 9.78 Å². The summed E-state index contributed by atoms with van der Waals surface area (Å²) in [7, 11) is 1.78. The molecule has 17 heavy (non-hydrogen) atoms. The highest BCUT2D eigenvalue weighted by Gasteiger charge is 2.25. The molecule has 0 radical (unpaired) electrons. The molecule has 0 unspecified atom stereocenters. The fourth-order valence-corrected chi connectivity index (χ4v) is 1.93. The van der Waals surface area contributed by atoms with Crippen LogP contribution in [0.4, 0.5) is 5.69 Å². The van der Waals surface area contributed by atoms with Gasteiger partial charge in [0.05, 0.1) is 11.3 Å². The summed E-state index contributed by atoms with van der Waals surface area (Å²) >= 11 is 0. The average molecular weight is 229 g/mol. The molecule has 5 nitrogen and oxygen atoms in total. The number of nitrogens with zero attached hydrogens (tertiary/aromatic N) is 2. The summed E-state index contributed by atoms with van der Waals surface area (Å²) in [5.41, 5.74) is 1.90. The number of aromatic nitrogens is 2. The van der Waals surface area contributed by atoms with Gasteiger partial charge in [-0.05, 0) is 19.1 Å². The zero-order valence-corrected chi connectivity index (χ0v) is 9.52. The van der Waals surface area contributed by atoms with Gasteiger partial charge in [-0.3, -0.25) is 4.79 Å². The van der Waals surface area contributed by atoms with Gasteiger partial charge in [0, 0.05) is 7.05 Å². The Morgan fingerprint density at radius 2 is 2.12 bits per heavy atom. The molecule has 0 saturated carbocycles. The number of anilines is 1. The lowest BCUT2D eigenvalue weighted by Gasteiger charge is -2.05. The maximum Gasteiger partial charge on any atom is 0.259 e. The summed E-state index contributed by atoms with van der Waals surface area (Å²) in [6.45, 7) is 1.83. The van der Waals surface area contributed by atoms with Crippen LogP contribution < -0.4 is 10.1 Å². The van der Waals surface area contributed by atoms with Crippen LogP contribution in [0, 0.1) is 6.92 Å². The molecule has 3 rings (SSSR count). The molecule has 0 saturated heterocycles. The number of hydrogen-bond donors (Lipinski definition) is 1. The highest BCUT2D eigenvalue weighted by molar-refractivity contribution is 6.08. The van der Waals surface area contributed by atoms with E-state index in [9.17, 15) is 4.79 Å². The van der Waals surface area contributed by atoms with Crippen LogP contribution in [-0.4, -0.2) is 15.7 Å². The third kappa shape index (κ3) is 1.39. The number of fused-ring (bicyclic) bond motifs is 2. The highest BCUT2D eigenvalue weighted by Crippen LogP contribution is 2.36. The van der Waals surface area contributed by atoms with Crippen molar-refractivity contribution < 1.29 is 9.53 Å². The number of carbonyl (C=O) groups is 1. The van der Waals surface area contributed by atoms with E-state index in [1.165, 1.54) is 0 Å². The van der Waals surface area contributed by atoms with Gasteiger partial charge in [-0.1, -0.05) is 12.1 Å². The summed E-state index contributed by atoms with van der Waals surface area (Å²) in [4.78, 5) is 12.0. The normalized spacial score (nSPS) is 13.2. The first kappa shape index (κ1) is 9.89. The van der Waals surface area contributed by atoms with Crippen LogP contribution in [-0.2, 0) is 7.05 Å². The molecular formula is C12H11N3O2. The lowest BCUT2D eigenvalue weighted by Crippen LogP contribution is -2.10. The number of amides is 1. The second kappa shape index (κ2) is 3.35. The molecule has 0 atom stereocenters. The third-order valence-electron chi connectivity index (χ3n) is 2.75. The minimum Gasteiger partial charge on any atom is -0.436 e. The molecule has 1 aromatic heterocycles. The summed E-state index contributed by atoms with van der Waals surface area (Å²) < 4.78 is 7.36. The molecule has 1 aliphatic rings. The molecule has 5 heteroatoms. The lowest BCUT2D eigenvalue weighted by molar-refractivity contribution is 0.102. The molecule has 1 aromatic carbocycles. The predicted octanol–water partition coefficient (Wildman–Crippen LogP) is 2.09. The molecule has 0 spiro atoms. The Balaban J connectivity index is 2.22. The number of carbonyl (C=O) groups excluding carboxylic acids is 1. The average Bonchev–Trinajstić information content (AvgIpc) is 2.50. The fourth-order valence-electron chi connectivity index (χ4n) is 1.93. The van der Waals surface area contributed by atoms with Crippen molar-refractivity contribution in [3.63, 3.8) is 0 Å². The molecule has 1 amide bonds. The van der Waals surface area contributed by atoms with Gasteiger partial charge < -0.3 is 10.1 Å². The number of aryl methyl sites for hydroxylation is 2. The van der Waals surface area contributed by atoms with Crippen molar-refractivity contribution in [3.8, 4) is 11.6 Å². The molecule has 0 bridgehead atoms. The van der Waals surface area contributed by atoms with Gasteiger partial charge in [-0.25, -0.2) is 4.68 Å². The quantitative estimate of drug-likeness (QED) is 0.752. The molecule has 2 heterocycles. The highest BCUT2D eigenvalue weighted by atomic mass is 16.5. The number of benzene rings is 1. The largest absolute Gasteiger partial charge is 0.436 e. The summed E-state index contributed by atoms with van der Waals surface area (Å²) in [6, 6.07) is 7.15. The van der Waals surface area contributed by atoms with Crippen LogP contribution in [0.2, 0.25) is 0 Å². The fraction of sp³-hybridized carbons (Fsp3) is 0.167. The van der Waals surface area contributed by atoms with Gasteiger partial charge in [0.15, 0.2) is 0 Å². The first-order chi connectivity index (χ1) is 8.16. The first-order valence-electron chi connectivity index (χ1n) is 5.28. The van der Waals surface area contributed by atoms with Gasteiger partial charge in [0.2, 0.25) is 5.88 Å². The number of para-hydroxylation sites is 1. The zero-order valence-electron chi connectivity index (χ0n) is 9.52. The van der Waals surface area contributed by atoms with E-state index in [1.807, 2.05) is 19.1 Å². The zero-order chi connectivity index (χ0) is 12.0. The Hall–Kier alpha value is -2.30. The molecular weight excluding hydrogens is 218 g/mol. The number of ether oxygens (including phenoxy) is 1. The van der Waals surface area contributed by atoms with Crippen molar-refractivity contribution in [2.24, 2.45) is 7.05 Å². The van der Waals surface area contributed by atoms with Gasteiger partial charge >= 0.3 is 0 Å². The number of rotatable bonds is 0. The van der Waals surface area contributed by atoms with Crippen molar-refractivity contribution >= 4 is 11.6 Å². The van der Waals surface area contributed by atoms with E-state index in [1.54, 1.807) is 23.9 Å². The monoisotopic (exact) mass is 229 g/mol. The first-order valence-corrected chi connectivity index (χ1v) is 5.28. The predicted molar refractivity (Wildman–Crippen MR) is 62.4 cm³/mol. The van der Waals surface area contributed by atoms with Crippen LogP contribution >= 0.6 is 0 Å². The van der Waals surface area contributed by atoms with Crippen LogP contribution in [0.25, 0.3) is 0 Å². The lowest BCUT2D eigenvalue weighted by atomic mass is 10.2. The molecule has 1 N–H and O–H groups in total. The smallest absolute Gasteiger partial charge is 0.259 e. The molecule has 2 aromatic rings. The number of hydrogen-bond acceptors (Lipinski definition) is 3. The van der Waals surface area contributed by atoms with Crippen molar-refractivity contribution in [1.29, 1.82) is 0 Å². The van der Waals surface area contributed by atoms with E-state index >= 15 is 0 Å². The van der Waals surface area contributed by atoms with E-state index in [-0.39, 0.29) is 5.91 Å². The second-order valence-corrected chi connectivity index (χ2v) is 3.94. The van der Waals surface area contributed by atoms with Crippen molar-refractivity contribution in [2.45, 2.75) is 6.92 Å². The van der Waals surface area contributed by atoms with Crippen molar-refractivity contribution in [2.75, 3.05) is 5.32 Å². The van der Waals surface area contributed by atoms with E-state index in [2.05, 4.69) is 10.4 Å². The Bertz CT molecular complexity index is 616. The van der Waals surface area contributed by atoms with Crippen LogP contribution in [0.15, 0.2) is 24.3 Å². The SMILES string of the molecule is Cc1nn(C)c2c1NC(=O)c1ccccc1O2. The number of nitrogens with one attached hydrogen (secondary N) is 1. The van der Waals surface area contributed by atoms with E-state index in [4.69, 9.17) is 4.74 Å². The topological polar surface area (TPSA) is 56.2 Å². The van der Waals surface area contributed by atoms with Gasteiger partial charge in [0.1, 0.15) is 11.4 Å². The molecule has 1 aliphatic heterocycles. The van der Waals surface area contributed by atoms with Crippen molar-refractivity contribution in [3.05, 3.63) is 35.5 Å². The van der Waals surface area contributed by atoms with E-state index < -0.39 is 0 Å². The third-order valence-corrected chi connectivity index (χ3v) is 2.75. The molecule has 0 aliphatic carbocycles. The van der Waals surface area contributed by atoms with E-state index in [0.29, 0.717) is 22.9 Å².